The van der Waals surface area contributed by atoms with E-state index in [1.807, 2.05) is 16.8 Å². The average molecular weight is 364 g/mol. The summed E-state index contributed by atoms with van der Waals surface area (Å²) in [7, 11) is 1.87. The summed E-state index contributed by atoms with van der Waals surface area (Å²) in [6, 6.07) is 0. The lowest BCUT2D eigenvalue weighted by Crippen LogP contribution is -2.58. The number of likely N-dealkylation sites (N-methyl/N-ethyl adjacent to an activating group) is 1. The van der Waals surface area contributed by atoms with E-state index in [-0.39, 0.29) is 5.91 Å². The van der Waals surface area contributed by atoms with Gasteiger partial charge in [-0.2, -0.15) is 4.98 Å². The summed E-state index contributed by atoms with van der Waals surface area (Å²) in [6.45, 7) is 4.04. The summed E-state index contributed by atoms with van der Waals surface area (Å²) >= 11 is 0. The van der Waals surface area contributed by atoms with Crippen molar-refractivity contribution in [1.82, 2.24) is 19.9 Å². The number of piperidine rings is 1. The van der Waals surface area contributed by atoms with Crippen LogP contribution < -0.4 is 0 Å². The Morgan fingerprint density at radius 3 is 2.77 bits per heavy atom. The molecular weight excluding hydrogens is 332 g/mol. The highest BCUT2D eigenvalue weighted by atomic mass is 16.5. The number of hydrogen-bond acceptors (Lipinski definition) is 6. The number of rotatable bonds is 7. The zero-order valence-corrected chi connectivity index (χ0v) is 16.1. The second kappa shape index (κ2) is 8.48. The van der Waals surface area contributed by atoms with Crippen LogP contribution in [-0.4, -0.2) is 63.2 Å². The molecule has 2 heterocycles. The van der Waals surface area contributed by atoms with Crippen molar-refractivity contribution in [2.45, 2.75) is 70.4 Å². The summed E-state index contributed by atoms with van der Waals surface area (Å²) in [5, 5.41) is 14.9. The second-order valence-corrected chi connectivity index (χ2v) is 8.12. The van der Waals surface area contributed by atoms with Crippen LogP contribution >= 0.6 is 0 Å². The van der Waals surface area contributed by atoms with Crippen LogP contribution in [0.15, 0.2) is 4.52 Å². The number of nitrogens with zero attached hydrogens (tertiary/aromatic N) is 4. The van der Waals surface area contributed by atoms with Gasteiger partial charge in [-0.3, -0.25) is 9.69 Å². The van der Waals surface area contributed by atoms with Gasteiger partial charge in [0.1, 0.15) is 0 Å². The van der Waals surface area contributed by atoms with Crippen molar-refractivity contribution in [3.05, 3.63) is 11.7 Å². The van der Waals surface area contributed by atoms with Gasteiger partial charge >= 0.3 is 0 Å². The van der Waals surface area contributed by atoms with Crippen molar-refractivity contribution >= 4 is 5.91 Å². The van der Waals surface area contributed by atoms with Gasteiger partial charge in [-0.25, -0.2) is 0 Å². The Labute approximate surface area is 155 Å². The van der Waals surface area contributed by atoms with Gasteiger partial charge in [-0.1, -0.05) is 37.3 Å². The number of aryl methyl sites for hydroxylation is 1. The molecule has 1 aromatic heterocycles. The predicted molar refractivity (Wildman–Crippen MR) is 97.3 cm³/mol. The van der Waals surface area contributed by atoms with Gasteiger partial charge in [0.2, 0.25) is 5.89 Å². The Morgan fingerprint density at radius 1 is 1.31 bits per heavy atom. The molecule has 3 rings (SSSR count). The standard InChI is InChI=1S/C19H32N4O3/c1-15-20-17(21-26-15)13-22(2)14-19(25)10-6-11-23(18(19)24)12-9-16-7-4-3-5-8-16/h16,25H,3-14H2,1-2H3/t19-/m1/s1. The van der Waals surface area contributed by atoms with E-state index in [9.17, 15) is 9.90 Å². The molecule has 1 aliphatic heterocycles. The van der Waals surface area contributed by atoms with Crippen LogP contribution in [0, 0.1) is 12.8 Å². The molecule has 26 heavy (non-hydrogen) atoms. The summed E-state index contributed by atoms with van der Waals surface area (Å²) in [6.07, 6.45) is 9.01. The van der Waals surface area contributed by atoms with Crippen LogP contribution in [-0.2, 0) is 11.3 Å². The zero-order valence-electron chi connectivity index (χ0n) is 16.1. The lowest BCUT2D eigenvalue weighted by Gasteiger charge is -2.40. The third kappa shape index (κ3) is 4.82. The number of hydrogen-bond donors (Lipinski definition) is 1. The molecule has 2 fully saturated rings. The maximum absolute atomic E-state index is 12.9. The van der Waals surface area contributed by atoms with E-state index < -0.39 is 5.60 Å². The second-order valence-electron chi connectivity index (χ2n) is 8.12. The van der Waals surface area contributed by atoms with Crippen LogP contribution in [0.3, 0.4) is 0 Å². The predicted octanol–water partition coefficient (Wildman–Crippen LogP) is 2.13. The van der Waals surface area contributed by atoms with Crippen molar-refractivity contribution < 1.29 is 14.4 Å². The fraction of sp³-hybridized carbons (Fsp3) is 0.842. The Bertz CT molecular complexity index is 599. The van der Waals surface area contributed by atoms with E-state index in [2.05, 4.69) is 10.1 Å². The fourth-order valence-corrected chi connectivity index (χ4v) is 4.39. The zero-order chi connectivity index (χ0) is 18.6. The van der Waals surface area contributed by atoms with E-state index in [4.69, 9.17) is 4.52 Å². The van der Waals surface area contributed by atoms with Crippen LogP contribution in [0.2, 0.25) is 0 Å². The first-order chi connectivity index (χ1) is 12.5. The largest absolute Gasteiger partial charge is 0.379 e. The molecule has 146 valence electrons. The molecule has 1 atom stereocenters. The molecule has 1 aromatic rings. The minimum absolute atomic E-state index is 0.115. The molecule has 0 unspecified atom stereocenters. The molecule has 1 aliphatic carbocycles. The lowest BCUT2D eigenvalue weighted by atomic mass is 9.86. The number of likely N-dealkylation sites (tertiary alicyclic amines) is 1. The highest BCUT2D eigenvalue weighted by Gasteiger charge is 2.42. The Morgan fingerprint density at radius 2 is 2.08 bits per heavy atom. The minimum Gasteiger partial charge on any atom is -0.379 e. The van der Waals surface area contributed by atoms with Gasteiger partial charge in [0, 0.05) is 26.6 Å². The third-order valence-corrected chi connectivity index (χ3v) is 5.75. The SMILES string of the molecule is Cc1nc(CN(C)C[C@]2(O)CCCN(CCC3CCCCC3)C2=O)no1. The molecule has 0 bridgehead atoms. The smallest absolute Gasteiger partial charge is 0.255 e. The van der Waals surface area contributed by atoms with E-state index in [0.29, 0.717) is 31.2 Å². The molecule has 7 nitrogen and oxygen atoms in total. The van der Waals surface area contributed by atoms with Gasteiger partial charge in [-0.05, 0) is 32.2 Å². The molecule has 1 saturated carbocycles. The van der Waals surface area contributed by atoms with Crippen molar-refractivity contribution in [3.8, 4) is 0 Å². The molecule has 0 spiro atoms. The molecular formula is C19H32N4O3. The summed E-state index contributed by atoms with van der Waals surface area (Å²) in [5.74, 6) is 1.73. The topological polar surface area (TPSA) is 82.7 Å². The lowest BCUT2D eigenvalue weighted by molar-refractivity contribution is -0.159. The van der Waals surface area contributed by atoms with Crippen LogP contribution in [0.1, 0.15) is 63.1 Å². The fourth-order valence-electron chi connectivity index (χ4n) is 4.39. The van der Waals surface area contributed by atoms with Gasteiger partial charge in [0.25, 0.3) is 5.91 Å². The van der Waals surface area contributed by atoms with Crippen molar-refractivity contribution in [1.29, 1.82) is 0 Å². The van der Waals surface area contributed by atoms with Crippen LogP contribution in [0.25, 0.3) is 0 Å². The number of aromatic nitrogens is 2. The Balaban J connectivity index is 1.52. The first-order valence-electron chi connectivity index (χ1n) is 9.96. The number of carbonyl (C=O) groups excluding carboxylic acids is 1. The molecule has 0 aromatic carbocycles. The van der Waals surface area contributed by atoms with Crippen molar-refractivity contribution in [3.63, 3.8) is 0 Å². The Kier molecular flexibility index (Phi) is 6.29. The summed E-state index contributed by atoms with van der Waals surface area (Å²) in [5.41, 5.74) is -1.31. The van der Waals surface area contributed by atoms with Gasteiger partial charge in [0.05, 0.1) is 6.54 Å². The monoisotopic (exact) mass is 364 g/mol. The summed E-state index contributed by atoms with van der Waals surface area (Å²) in [4.78, 5) is 20.9. The number of amides is 1. The van der Waals surface area contributed by atoms with Crippen molar-refractivity contribution in [2.75, 3.05) is 26.7 Å². The van der Waals surface area contributed by atoms with Gasteiger partial charge in [-0.15, -0.1) is 0 Å². The molecule has 7 heteroatoms. The highest BCUT2D eigenvalue weighted by molar-refractivity contribution is 5.86. The normalized spacial score (nSPS) is 25.2. The van der Waals surface area contributed by atoms with Crippen LogP contribution in [0.5, 0.6) is 0 Å². The van der Waals surface area contributed by atoms with Gasteiger partial charge < -0.3 is 14.5 Å². The quantitative estimate of drug-likeness (QED) is 0.798. The van der Waals surface area contributed by atoms with E-state index in [1.54, 1.807) is 6.92 Å². The van der Waals surface area contributed by atoms with E-state index in [1.165, 1.54) is 32.1 Å². The first kappa shape index (κ1) is 19.3. The van der Waals surface area contributed by atoms with Gasteiger partial charge in [0.15, 0.2) is 11.4 Å². The van der Waals surface area contributed by atoms with E-state index in [0.717, 1.165) is 31.8 Å². The molecule has 2 aliphatic rings. The highest BCUT2D eigenvalue weighted by Crippen LogP contribution is 2.29. The van der Waals surface area contributed by atoms with E-state index >= 15 is 0 Å². The van der Waals surface area contributed by atoms with Crippen molar-refractivity contribution in [2.24, 2.45) is 5.92 Å². The third-order valence-electron chi connectivity index (χ3n) is 5.75. The molecule has 1 amide bonds. The first-order valence-corrected chi connectivity index (χ1v) is 9.96. The Hall–Kier alpha value is -1.47. The molecule has 0 radical (unpaired) electrons. The number of aliphatic hydroxyl groups is 1. The molecule has 1 N–H and O–H groups in total. The summed E-state index contributed by atoms with van der Waals surface area (Å²) < 4.78 is 4.98. The van der Waals surface area contributed by atoms with Crippen LogP contribution in [0.4, 0.5) is 0 Å². The number of carbonyl (C=O) groups is 1. The average Bonchev–Trinajstić information content (AvgIpc) is 3.02. The minimum atomic E-state index is -1.31. The molecule has 1 saturated heterocycles. The maximum Gasteiger partial charge on any atom is 0.255 e. The maximum atomic E-state index is 12.9.